The first-order valence-electron chi connectivity index (χ1n) is 8.48. The van der Waals surface area contributed by atoms with Crippen LogP contribution in [-0.2, 0) is 14.8 Å². The zero-order chi connectivity index (χ0) is 18.9. The van der Waals surface area contributed by atoms with Crippen LogP contribution in [0.3, 0.4) is 0 Å². The first kappa shape index (κ1) is 18.4. The second kappa shape index (κ2) is 7.08. The average molecular weight is 377 g/mol. The molecular weight excluding hydrogens is 354 g/mol. The summed E-state index contributed by atoms with van der Waals surface area (Å²) in [6.45, 7) is 3.87. The number of anilines is 2. The smallest absolute Gasteiger partial charge is 0.246 e. The lowest BCUT2D eigenvalue weighted by molar-refractivity contribution is -0.120. The fourth-order valence-electron chi connectivity index (χ4n) is 3.27. The number of rotatable bonds is 4. The summed E-state index contributed by atoms with van der Waals surface area (Å²) in [7, 11) is -3.69. The monoisotopic (exact) mass is 377 g/mol. The van der Waals surface area contributed by atoms with Gasteiger partial charge < -0.3 is 11.1 Å². The summed E-state index contributed by atoms with van der Waals surface area (Å²) < 4.78 is 27.3. The van der Waals surface area contributed by atoms with Gasteiger partial charge in [0.05, 0.1) is 28.7 Å². The summed E-state index contributed by atoms with van der Waals surface area (Å²) in [6, 6.07) is 7.00. The molecule has 0 spiro atoms. The van der Waals surface area contributed by atoms with Gasteiger partial charge in [-0.25, -0.2) is 8.42 Å². The molecule has 2 heterocycles. The van der Waals surface area contributed by atoms with Gasteiger partial charge in [0, 0.05) is 13.1 Å². The molecule has 1 saturated heterocycles. The van der Waals surface area contributed by atoms with Crippen LogP contribution in [0.4, 0.5) is 11.4 Å². The van der Waals surface area contributed by atoms with Crippen molar-refractivity contribution in [2.75, 3.05) is 24.1 Å². The topological polar surface area (TPSA) is 121 Å². The van der Waals surface area contributed by atoms with Crippen molar-refractivity contribution in [2.24, 2.45) is 5.92 Å². The van der Waals surface area contributed by atoms with E-state index in [1.165, 1.54) is 4.31 Å². The number of nitrogens with one attached hydrogen (secondary N) is 2. The molecule has 3 rings (SSSR count). The molecule has 1 atom stereocenters. The van der Waals surface area contributed by atoms with Crippen LogP contribution in [0, 0.1) is 19.8 Å². The van der Waals surface area contributed by atoms with E-state index in [1.54, 1.807) is 38.1 Å². The van der Waals surface area contributed by atoms with Crippen molar-refractivity contribution in [2.45, 2.75) is 31.6 Å². The van der Waals surface area contributed by atoms with E-state index < -0.39 is 15.9 Å². The largest absolute Gasteiger partial charge is 0.397 e. The first-order valence-corrected chi connectivity index (χ1v) is 9.92. The molecule has 26 heavy (non-hydrogen) atoms. The van der Waals surface area contributed by atoms with Gasteiger partial charge in [-0.2, -0.15) is 9.40 Å². The number of aromatic amines is 1. The summed E-state index contributed by atoms with van der Waals surface area (Å²) in [5, 5.41) is 9.48. The van der Waals surface area contributed by atoms with Gasteiger partial charge in [0.25, 0.3) is 0 Å². The Balaban J connectivity index is 1.77. The molecule has 9 heteroatoms. The summed E-state index contributed by atoms with van der Waals surface area (Å²) >= 11 is 0. The number of aryl methyl sites for hydroxylation is 2. The Morgan fingerprint density at radius 2 is 2.08 bits per heavy atom. The van der Waals surface area contributed by atoms with E-state index >= 15 is 0 Å². The third kappa shape index (κ3) is 3.45. The molecule has 1 amide bonds. The van der Waals surface area contributed by atoms with E-state index in [9.17, 15) is 13.2 Å². The Labute approximate surface area is 152 Å². The SMILES string of the molecule is Cc1n[nH]c(C)c1S(=O)(=O)N1CCCC(C(=O)Nc2ccccc2N)C1. The van der Waals surface area contributed by atoms with E-state index in [0.29, 0.717) is 42.1 Å². The molecule has 1 unspecified atom stereocenters. The third-order valence-electron chi connectivity index (χ3n) is 4.63. The second-order valence-corrected chi connectivity index (χ2v) is 8.42. The zero-order valence-corrected chi connectivity index (χ0v) is 15.6. The number of aromatic nitrogens is 2. The number of H-pyrrole nitrogens is 1. The minimum atomic E-state index is -3.69. The van der Waals surface area contributed by atoms with Crippen molar-refractivity contribution in [3.05, 3.63) is 35.7 Å². The number of carbonyl (C=O) groups is 1. The molecule has 8 nitrogen and oxygen atoms in total. The number of amides is 1. The van der Waals surface area contributed by atoms with Crippen LogP contribution >= 0.6 is 0 Å². The maximum Gasteiger partial charge on any atom is 0.246 e. The van der Waals surface area contributed by atoms with Crippen LogP contribution in [0.5, 0.6) is 0 Å². The van der Waals surface area contributed by atoms with E-state index in [2.05, 4.69) is 15.5 Å². The van der Waals surface area contributed by atoms with Gasteiger partial charge in [0.1, 0.15) is 4.90 Å². The molecule has 1 aromatic heterocycles. The molecule has 4 N–H and O–H groups in total. The van der Waals surface area contributed by atoms with Crippen LogP contribution in [0.25, 0.3) is 0 Å². The van der Waals surface area contributed by atoms with Crippen molar-refractivity contribution >= 4 is 27.3 Å². The highest BCUT2D eigenvalue weighted by atomic mass is 32.2. The van der Waals surface area contributed by atoms with Gasteiger partial charge in [0.2, 0.25) is 15.9 Å². The van der Waals surface area contributed by atoms with Crippen LogP contribution < -0.4 is 11.1 Å². The highest BCUT2D eigenvalue weighted by Gasteiger charge is 2.35. The van der Waals surface area contributed by atoms with Crippen LogP contribution in [0.2, 0.25) is 0 Å². The number of carbonyl (C=O) groups excluding carboxylic acids is 1. The normalized spacial score (nSPS) is 18.6. The van der Waals surface area contributed by atoms with Crippen molar-refractivity contribution < 1.29 is 13.2 Å². The van der Waals surface area contributed by atoms with E-state index in [0.717, 1.165) is 0 Å². The minimum absolute atomic E-state index is 0.144. The maximum absolute atomic E-state index is 13.0. The number of nitrogens with zero attached hydrogens (tertiary/aromatic N) is 2. The van der Waals surface area contributed by atoms with Gasteiger partial charge in [-0.15, -0.1) is 0 Å². The first-order chi connectivity index (χ1) is 12.3. The fourth-order valence-corrected chi connectivity index (χ4v) is 5.13. The van der Waals surface area contributed by atoms with Crippen LogP contribution in [0.15, 0.2) is 29.2 Å². The maximum atomic E-state index is 13.0. The minimum Gasteiger partial charge on any atom is -0.397 e. The molecule has 1 aliphatic heterocycles. The Hall–Kier alpha value is -2.39. The van der Waals surface area contributed by atoms with Gasteiger partial charge in [-0.1, -0.05) is 12.1 Å². The summed E-state index contributed by atoms with van der Waals surface area (Å²) in [5.74, 6) is -0.644. The predicted octanol–water partition coefficient (Wildman–Crippen LogP) is 1.65. The molecule has 0 radical (unpaired) electrons. The molecule has 1 aromatic carbocycles. The Morgan fingerprint density at radius 1 is 1.35 bits per heavy atom. The molecule has 0 aliphatic carbocycles. The van der Waals surface area contributed by atoms with Crippen molar-refractivity contribution in [1.29, 1.82) is 0 Å². The molecule has 0 saturated carbocycles. The van der Waals surface area contributed by atoms with E-state index in [1.807, 2.05) is 0 Å². The predicted molar refractivity (Wildman–Crippen MR) is 99.0 cm³/mol. The van der Waals surface area contributed by atoms with Crippen molar-refractivity contribution in [3.8, 4) is 0 Å². The molecule has 1 aliphatic rings. The quantitative estimate of drug-likeness (QED) is 0.700. The standard InChI is InChI=1S/C17H23N5O3S/c1-11-16(12(2)21-20-11)26(24,25)22-9-5-6-13(10-22)17(23)19-15-8-4-3-7-14(15)18/h3-4,7-8,13H,5-6,9-10,18H2,1-2H3,(H,19,23)(H,20,21). The van der Waals surface area contributed by atoms with Gasteiger partial charge in [-0.3, -0.25) is 9.89 Å². The Morgan fingerprint density at radius 3 is 2.73 bits per heavy atom. The van der Waals surface area contributed by atoms with E-state index in [-0.39, 0.29) is 17.3 Å². The molecule has 140 valence electrons. The molecular formula is C17H23N5O3S. The zero-order valence-electron chi connectivity index (χ0n) is 14.8. The lowest BCUT2D eigenvalue weighted by Gasteiger charge is -2.31. The summed E-state index contributed by atoms with van der Waals surface area (Å²) in [5.41, 5.74) is 7.82. The van der Waals surface area contributed by atoms with Crippen molar-refractivity contribution in [3.63, 3.8) is 0 Å². The molecule has 1 fully saturated rings. The fraction of sp³-hybridized carbons (Fsp3) is 0.412. The highest BCUT2D eigenvalue weighted by Crippen LogP contribution is 2.28. The Kier molecular flexibility index (Phi) is 5.01. The number of hydrogen-bond donors (Lipinski definition) is 3. The summed E-state index contributed by atoms with van der Waals surface area (Å²) in [4.78, 5) is 12.8. The van der Waals surface area contributed by atoms with Crippen molar-refractivity contribution in [1.82, 2.24) is 14.5 Å². The number of para-hydroxylation sites is 2. The van der Waals surface area contributed by atoms with E-state index in [4.69, 9.17) is 5.73 Å². The lowest BCUT2D eigenvalue weighted by Crippen LogP contribution is -2.44. The highest BCUT2D eigenvalue weighted by molar-refractivity contribution is 7.89. The van der Waals surface area contributed by atoms with Gasteiger partial charge in [0.15, 0.2) is 0 Å². The average Bonchev–Trinajstić information content (AvgIpc) is 2.96. The number of nitrogens with two attached hydrogens (primary N) is 1. The second-order valence-electron chi connectivity index (χ2n) is 6.54. The summed E-state index contributed by atoms with van der Waals surface area (Å²) in [6.07, 6.45) is 1.26. The molecule has 0 bridgehead atoms. The number of piperidine rings is 1. The lowest BCUT2D eigenvalue weighted by atomic mass is 9.98. The number of sulfonamides is 1. The van der Waals surface area contributed by atoms with Gasteiger partial charge in [-0.05, 0) is 38.8 Å². The Bertz CT molecular complexity index is 903. The number of nitrogen functional groups attached to an aromatic ring is 1. The molecule has 2 aromatic rings. The van der Waals surface area contributed by atoms with Gasteiger partial charge >= 0.3 is 0 Å². The van der Waals surface area contributed by atoms with Crippen LogP contribution in [0.1, 0.15) is 24.2 Å². The van der Waals surface area contributed by atoms with Crippen LogP contribution in [-0.4, -0.2) is 41.9 Å². The third-order valence-corrected chi connectivity index (χ3v) is 6.76. The number of benzene rings is 1. The number of hydrogen-bond acceptors (Lipinski definition) is 5.